The van der Waals surface area contributed by atoms with E-state index < -0.39 is 23.7 Å². The Labute approximate surface area is 213 Å². The van der Waals surface area contributed by atoms with E-state index in [0.717, 1.165) is 29.3 Å². The second-order valence-electron chi connectivity index (χ2n) is 8.93. The van der Waals surface area contributed by atoms with Crippen LogP contribution in [0, 0.1) is 5.92 Å². The van der Waals surface area contributed by atoms with Gasteiger partial charge in [0.05, 0.1) is 18.4 Å². The first-order valence-corrected chi connectivity index (χ1v) is 12.2. The number of nitrogens with zero attached hydrogens (tertiary/aromatic N) is 3. The van der Waals surface area contributed by atoms with Crippen molar-refractivity contribution in [3.05, 3.63) is 63.8 Å². The molecule has 0 saturated heterocycles. The number of fused-ring (bicyclic) bond motifs is 2. The van der Waals surface area contributed by atoms with Gasteiger partial charge in [-0.3, -0.25) is 9.59 Å². The summed E-state index contributed by atoms with van der Waals surface area (Å²) in [4.78, 5) is 30.5. The van der Waals surface area contributed by atoms with E-state index in [2.05, 4.69) is 22.3 Å². The van der Waals surface area contributed by atoms with Gasteiger partial charge in [0.1, 0.15) is 10.8 Å². The fourth-order valence-corrected chi connectivity index (χ4v) is 5.87. The van der Waals surface area contributed by atoms with Gasteiger partial charge in [0, 0.05) is 16.5 Å². The fourth-order valence-electron chi connectivity index (χ4n) is 4.46. The summed E-state index contributed by atoms with van der Waals surface area (Å²) in [5.41, 5.74) is 5.66. The first kappa shape index (κ1) is 24.8. The van der Waals surface area contributed by atoms with Gasteiger partial charge in [0.15, 0.2) is 17.0 Å². The van der Waals surface area contributed by atoms with Crippen LogP contribution in [0.25, 0.3) is 16.9 Å². The third kappa shape index (κ3) is 4.64. The van der Waals surface area contributed by atoms with E-state index in [1.165, 1.54) is 24.5 Å². The molecule has 5 rings (SSSR count). The van der Waals surface area contributed by atoms with Gasteiger partial charge >= 0.3 is 6.18 Å². The maximum absolute atomic E-state index is 13.9. The van der Waals surface area contributed by atoms with Crippen LogP contribution in [-0.2, 0) is 19.0 Å². The van der Waals surface area contributed by atoms with Crippen molar-refractivity contribution in [2.24, 2.45) is 11.7 Å². The summed E-state index contributed by atoms with van der Waals surface area (Å²) < 4.78 is 47.5. The fraction of sp³-hybridized carbons (Fsp3) is 0.280. The highest BCUT2D eigenvalue weighted by molar-refractivity contribution is 7.17. The molecule has 1 aliphatic carbocycles. The molecule has 192 valence electrons. The average molecular weight is 530 g/mol. The smallest absolute Gasteiger partial charge is 0.433 e. The van der Waals surface area contributed by atoms with Crippen LogP contribution in [0.4, 0.5) is 18.2 Å². The predicted octanol–water partition coefficient (Wildman–Crippen LogP) is 4.96. The van der Waals surface area contributed by atoms with Crippen molar-refractivity contribution in [1.29, 1.82) is 0 Å². The lowest BCUT2D eigenvalue weighted by atomic mass is 9.88. The molecule has 0 saturated carbocycles. The van der Waals surface area contributed by atoms with Crippen molar-refractivity contribution < 1.29 is 27.5 Å². The van der Waals surface area contributed by atoms with E-state index in [0.29, 0.717) is 28.2 Å². The van der Waals surface area contributed by atoms with E-state index in [-0.39, 0.29) is 27.6 Å². The number of thiophene rings is 1. The minimum atomic E-state index is -4.76. The van der Waals surface area contributed by atoms with Crippen molar-refractivity contribution in [2.45, 2.75) is 32.4 Å². The summed E-state index contributed by atoms with van der Waals surface area (Å²) in [5, 5.41) is 6.81. The molecule has 3 aromatic heterocycles. The molecule has 0 spiro atoms. The van der Waals surface area contributed by atoms with Crippen molar-refractivity contribution in [3.63, 3.8) is 0 Å². The molecule has 1 aromatic carbocycles. The number of rotatable bonds is 5. The van der Waals surface area contributed by atoms with Crippen LogP contribution in [0.15, 0.2) is 36.4 Å². The number of benzene rings is 1. The molecule has 3 N–H and O–H groups in total. The molecule has 1 aliphatic rings. The second-order valence-corrected chi connectivity index (χ2v) is 10.0. The largest absolute Gasteiger partial charge is 0.497 e. The van der Waals surface area contributed by atoms with Gasteiger partial charge < -0.3 is 15.8 Å². The van der Waals surface area contributed by atoms with Crippen molar-refractivity contribution in [3.8, 4) is 17.0 Å². The summed E-state index contributed by atoms with van der Waals surface area (Å²) in [5.74, 6) is -0.453. The van der Waals surface area contributed by atoms with Gasteiger partial charge in [-0.15, -0.1) is 11.3 Å². The average Bonchev–Trinajstić information content (AvgIpc) is 3.43. The number of carbonyl (C=O) groups is 2. The molecule has 0 radical (unpaired) electrons. The van der Waals surface area contributed by atoms with E-state index in [1.807, 2.05) is 0 Å². The van der Waals surface area contributed by atoms with Crippen LogP contribution in [0.1, 0.15) is 50.3 Å². The Balaban J connectivity index is 1.54. The summed E-state index contributed by atoms with van der Waals surface area (Å²) in [7, 11) is 1.48. The quantitative estimate of drug-likeness (QED) is 0.380. The van der Waals surface area contributed by atoms with Crippen LogP contribution >= 0.6 is 11.3 Å². The SMILES string of the molecule is COc1ccc(-c2cc(C(F)(F)F)n3nc(C(=O)Nc4sc5c(c4C(N)=O)CCC(C)C5)cc3n2)cc1. The molecule has 0 bridgehead atoms. The van der Waals surface area contributed by atoms with Gasteiger partial charge in [-0.1, -0.05) is 6.92 Å². The molecule has 2 amide bonds. The molecule has 0 fully saturated rings. The highest BCUT2D eigenvalue weighted by Gasteiger charge is 2.36. The Morgan fingerprint density at radius 3 is 2.59 bits per heavy atom. The number of hydrogen-bond donors (Lipinski definition) is 2. The van der Waals surface area contributed by atoms with Gasteiger partial charge in [-0.25, -0.2) is 9.50 Å². The van der Waals surface area contributed by atoms with Gasteiger partial charge in [-0.2, -0.15) is 18.3 Å². The Morgan fingerprint density at radius 2 is 1.95 bits per heavy atom. The lowest BCUT2D eigenvalue weighted by molar-refractivity contribution is -0.142. The molecular formula is C25H22F3N5O3S. The highest BCUT2D eigenvalue weighted by Crippen LogP contribution is 2.40. The summed E-state index contributed by atoms with van der Waals surface area (Å²) in [6.45, 7) is 2.10. The zero-order chi connectivity index (χ0) is 26.5. The number of aromatic nitrogens is 3. The maximum Gasteiger partial charge on any atom is 0.433 e. The first-order chi connectivity index (χ1) is 17.5. The number of amides is 2. The van der Waals surface area contributed by atoms with Crippen molar-refractivity contribution in [2.75, 3.05) is 12.4 Å². The Bertz CT molecular complexity index is 1530. The minimum Gasteiger partial charge on any atom is -0.497 e. The molecule has 12 heteroatoms. The number of carbonyl (C=O) groups excluding carboxylic acids is 2. The van der Waals surface area contributed by atoms with E-state index in [1.54, 1.807) is 24.3 Å². The minimum absolute atomic E-state index is 0.0606. The van der Waals surface area contributed by atoms with Gasteiger partial charge in [-0.05, 0) is 61.1 Å². The topological polar surface area (TPSA) is 112 Å². The third-order valence-electron chi connectivity index (χ3n) is 6.32. The predicted molar refractivity (Wildman–Crippen MR) is 132 cm³/mol. The van der Waals surface area contributed by atoms with Crippen LogP contribution in [0.2, 0.25) is 0 Å². The molecular weight excluding hydrogens is 507 g/mol. The number of methoxy groups -OCH3 is 1. The monoisotopic (exact) mass is 529 g/mol. The maximum atomic E-state index is 13.9. The number of alkyl halides is 3. The zero-order valence-corrected chi connectivity index (χ0v) is 20.7. The Hall–Kier alpha value is -3.93. The number of primary amides is 1. The molecule has 1 atom stereocenters. The lowest BCUT2D eigenvalue weighted by Crippen LogP contribution is -2.19. The molecule has 8 nitrogen and oxygen atoms in total. The number of halogens is 3. The third-order valence-corrected chi connectivity index (χ3v) is 7.49. The molecule has 37 heavy (non-hydrogen) atoms. The van der Waals surface area contributed by atoms with Gasteiger partial charge in [0.25, 0.3) is 11.8 Å². The normalized spacial score (nSPS) is 15.4. The van der Waals surface area contributed by atoms with E-state index in [9.17, 15) is 22.8 Å². The molecule has 1 unspecified atom stereocenters. The van der Waals surface area contributed by atoms with Crippen LogP contribution < -0.4 is 15.8 Å². The van der Waals surface area contributed by atoms with Gasteiger partial charge in [0.2, 0.25) is 0 Å². The number of anilines is 1. The van der Waals surface area contributed by atoms with Crippen molar-refractivity contribution in [1.82, 2.24) is 14.6 Å². The number of nitrogens with one attached hydrogen (secondary N) is 1. The first-order valence-electron chi connectivity index (χ1n) is 11.4. The second kappa shape index (κ2) is 9.18. The summed E-state index contributed by atoms with van der Waals surface area (Å²) in [6.07, 6.45) is -2.43. The number of nitrogens with two attached hydrogens (primary N) is 1. The lowest BCUT2D eigenvalue weighted by Gasteiger charge is -2.18. The van der Waals surface area contributed by atoms with E-state index >= 15 is 0 Å². The van der Waals surface area contributed by atoms with E-state index in [4.69, 9.17) is 10.5 Å². The highest BCUT2D eigenvalue weighted by atomic mass is 32.1. The van der Waals surface area contributed by atoms with Crippen molar-refractivity contribution >= 4 is 33.8 Å². The summed E-state index contributed by atoms with van der Waals surface area (Å²) in [6, 6.07) is 8.46. The number of ether oxygens (including phenoxy) is 1. The molecule has 0 aliphatic heterocycles. The Kier molecular flexibility index (Phi) is 6.14. The molecule has 3 heterocycles. The standard InChI is InChI=1S/C25H22F3N5O3S/c1-12-3-8-15-18(9-12)37-24(21(15)22(29)34)31-23(35)17-11-20-30-16(13-4-6-14(36-2)7-5-13)10-19(25(26,27)28)33(20)32-17/h4-7,10-12H,3,8-9H2,1-2H3,(H2,29,34)(H,31,35). The number of hydrogen-bond acceptors (Lipinski definition) is 6. The van der Waals surface area contributed by atoms with Crippen LogP contribution in [0.3, 0.4) is 0 Å². The summed E-state index contributed by atoms with van der Waals surface area (Å²) >= 11 is 1.26. The molecule has 4 aromatic rings. The Morgan fingerprint density at radius 1 is 1.22 bits per heavy atom. The van der Waals surface area contributed by atoms with Crippen LogP contribution in [-0.4, -0.2) is 33.5 Å². The van der Waals surface area contributed by atoms with Crippen LogP contribution in [0.5, 0.6) is 5.75 Å². The zero-order valence-electron chi connectivity index (χ0n) is 19.8.